The zero-order chi connectivity index (χ0) is 19.8. The van der Waals surface area contributed by atoms with Crippen LogP contribution in [-0.2, 0) is 16.0 Å². The van der Waals surface area contributed by atoms with Crippen molar-refractivity contribution in [2.24, 2.45) is 0 Å². The molecule has 0 saturated carbocycles. The number of aryl methyl sites for hydroxylation is 1. The number of hydrogen-bond acceptors (Lipinski definition) is 6. The van der Waals surface area contributed by atoms with Crippen LogP contribution in [-0.4, -0.2) is 39.8 Å². The number of rotatable bonds is 8. The maximum atomic E-state index is 12.4. The van der Waals surface area contributed by atoms with Crippen LogP contribution in [0, 0.1) is 0 Å². The Labute approximate surface area is 158 Å². The number of esters is 1. The Kier molecular flexibility index (Phi) is 7.05. The average Bonchev–Trinajstić information content (AvgIpc) is 2.70. The molecule has 0 aromatic heterocycles. The number of ether oxygens (including phenoxy) is 4. The van der Waals surface area contributed by atoms with Gasteiger partial charge in [-0.05, 0) is 36.2 Å². The van der Waals surface area contributed by atoms with Crippen molar-refractivity contribution < 1.29 is 28.5 Å². The van der Waals surface area contributed by atoms with Gasteiger partial charge < -0.3 is 24.3 Å². The fourth-order valence-electron chi connectivity index (χ4n) is 2.54. The molecule has 2 rings (SSSR count). The molecule has 27 heavy (non-hydrogen) atoms. The zero-order valence-corrected chi connectivity index (χ0v) is 15.8. The highest BCUT2D eigenvalue weighted by Gasteiger charge is 2.22. The third-order valence-corrected chi connectivity index (χ3v) is 3.88. The first kappa shape index (κ1) is 20.1. The minimum Gasteiger partial charge on any atom is -0.493 e. The van der Waals surface area contributed by atoms with E-state index in [-0.39, 0.29) is 17.1 Å². The summed E-state index contributed by atoms with van der Waals surface area (Å²) in [5, 5.41) is 2.70. The van der Waals surface area contributed by atoms with Crippen molar-refractivity contribution in [1.82, 2.24) is 0 Å². The maximum Gasteiger partial charge on any atom is 0.342 e. The number of anilines is 1. The number of nitrogens with one attached hydrogen (secondary N) is 1. The molecule has 0 aliphatic rings. The van der Waals surface area contributed by atoms with E-state index in [0.717, 1.165) is 12.0 Å². The van der Waals surface area contributed by atoms with Crippen LogP contribution in [0.2, 0.25) is 0 Å². The predicted molar refractivity (Wildman–Crippen MR) is 101 cm³/mol. The summed E-state index contributed by atoms with van der Waals surface area (Å²) in [6.07, 6.45) is 0.859. The Balaban J connectivity index is 2.05. The number of methoxy groups -OCH3 is 3. The number of benzene rings is 2. The fourth-order valence-corrected chi connectivity index (χ4v) is 2.54. The van der Waals surface area contributed by atoms with Crippen LogP contribution >= 0.6 is 0 Å². The highest BCUT2D eigenvalue weighted by molar-refractivity contribution is 5.97. The van der Waals surface area contributed by atoms with Gasteiger partial charge in [0.25, 0.3) is 5.91 Å². The van der Waals surface area contributed by atoms with Crippen LogP contribution in [0.25, 0.3) is 0 Å². The minimum atomic E-state index is -0.703. The van der Waals surface area contributed by atoms with Crippen molar-refractivity contribution in [2.75, 3.05) is 33.3 Å². The number of carbonyl (C=O) groups is 2. The second kappa shape index (κ2) is 9.47. The molecule has 2 aromatic rings. The highest BCUT2D eigenvalue weighted by Crippen LogP contribution is 2.39. The van der Waals surface area contributed by atoms with Crippen LogP contribution in [0.1, 0.15) is 22.8 Å². The minimum absolute atomic E-state index is 0.135. The molecule has 0 aliphatic carbocycles. The van der Waals surface area contributed by atoms with Crippen molar-refractivity contribution in [3.8, 4) is 17.2 Å². The smallest absolute Gasteiger partial charge is 0.342 e. The third-order valence-electron chi connectivity index (χ3n) is 3.88. The standard InChI is InChI=1S/C20H23NO6/c1-5-13-7-6-8-14(11-13)21-17(22)12-27-20(23)15-9-10-16(24-2)19(26-4)18(15)25-3/h6-11H,5,12H2,1-4H3,(H,21,22). The van der Waals surface area contributed by atoms with Crippen LogP contribution in [0.4, 0.5) is 5.69 Å². The lowest BCUT2D eigenvalue weighted by molar-refractivity contribution is -0.119. The second-order valence-electron chi connectivity index (χ2n) is 5.56. The molecule has 0 fully saturated rings. The van der Waals surface area contributed by atoms with Gasteiger partial charge in [-0.2, -0.15) is 0 Å². The third kappa shape index (κ3) is 4.91. The molecule has 0 unspecified atom stereocenters. The molecule has 0 radical (unpaired) electrons. The van der Waals surface area contributed by atoms with E-state index < -0.39 is 18.5 Å². The number of carbonyl (C=O) groups excluding carboxylic acids is 2. The summed E-state index contributed by atoms with van der Waals surface area (Å²) in [5.41, 5.74) is 1.88. The summed E-state index contributed by atoms with van der Waals surface area (Å²) in [4.78, 5) is 24.4. The molecular weight excluding hydrogens is 350 g/mol. The van der Waals surface area contributed by atoms with Crippen molar-refractivity contribution in [3.05, 3.63) is 47.5 Å². The Bertz CT molecular complexity index is 818. The van der Waals surface area contributed by atoms with Crippen LogP contribution in [0.15, 0.2) is 36.4 Å². The summed E-state index contributed by atoms with van der Waals surface area (Å²) in [6, 6.07) is 10.5. The first-order valence-corrected chi connectivity index (χ1v) is 8.38. The molecule has 0 heterocycles. The lowest BCUT2D eigenvalue weighted by Crippen LogP contribution is -2.21. The Morgan fingerprint density at radius 1 is 0.963 bits per heavy atom. The molecule has 0 spiro atoms. The van der Waals surface area contributed by atoms with Crippen molar-refractivity contribution in [3.63, 3.8) is 0 Å². The summed E-state index contributed by atoms with van der Waals surface area (Å²) >= 11 is 0. The summed E-state index contributed by atoms with van der Waals surface area (Å²) in [6.45, 7) is 1.60. The van der Waals surface area contributed by atoms with Gasteiger partial charge in [0, 0.05) is 5.69 Å². The fraction of sp³-hybridized carbons (Fsp3) is 0.300. The molecular formula is C20H23NO6. The molecule has 144 valence electrons. The first-order valence-electron chi connectivity index (χ1n) is 8.38. The molecule has 0 atom stereocenters. The van der Waals surface area contributed by atoms with Crippen molar-refractivity contribution in [1.29, 1.82) is 0 Å². The summed E-state index contributed by atoms with van der Waals surface area (Å²) in [7, 11) is 4.32. The Hall–Kier alpha value is -3.22. The number of amides is 1. The maximum absolute atomic E-state index is 12.4. The molecule has 7 nitrogen and oxygen atoms in total. The van der Waals surface area contributed by atoms with Crippen molar-refractivity contribution >= 4 is 17.6 Å². The van der Waals surface area contributed by atoms with E-state index in [9.17, 15) is 9.59 Å². The van der Waals surface area contributed by atoms with Gasteiger partial charge in [-0.3, -0.25) is 4.79 Å². The van der Waals surface area contributed by atoms with E-state index in [4.69, 9.17) is 18.9 Å². The van der Waals surface area contributed by atoms with Gasteiger partial charge in [0.1, 0.15) is 5.56 Å². The molecule has 2 aromatic carbocycles. The molecule has 0 bridgehead atoms. The molecule has 7 heteroatoms. The number of hydrogen-bond donors (Lipinski definition) is 1. The van der Waals surface area contributed by atoms with E-state index in [1.807, 2.05) is 25.1 Å². The zero-order valence-electron chi connectivity index (χ0n) is 15.8. The van der Waals surface area contributed by atoms with Gasteiger partial charge in [0.2, 0.25) is 5.75 Å². The molecule has 1 amide bonds. The van der Waals surface area contributed by atoms with E-state index in [1.54, 1.807) is 12.1 Å². The molecule has 0 saturated heterocycles. The van der Waals surface area contributed by atoms with E-state index >= 15 is 0 Å². The highest BCUT2D eigenvalue weighted by atomic mass is 16.5. The predicted octanol–water partition coefficient (Wildman–Crippen LogP) is 3.07. The second-order valence-corrected chi connectivity index (χ2v) is 5.56. The van der Waals surface area contributed by atoms with Crippen molar-refractivity contribution in [2.45, 2.75) is 13.3 Å². The van der Waals surface area contributed by atoms with E-state index in [0.29, 0.717) is 11.4 Å². The molecule has 0 aliphatic heterocycles. The van der Waals surface area contributed by atoms with Crippen LogP contribution in [0.5, 0.6) is 17.2 Å². The van der Waals surface area contributed by atoms with E-state index in [2.05, 4.69) is 5.32 Å². The topological polar surface area (TPSA) is 83.1 Å². The largest absolute Gasteiger partial charge is 0.493 e. The summed E-state index contributed by atoms with van der Waals surface area (Å²) < 4.78 is 20.8. The Morgan fingerprint density at radius 2 is 1.70 bits per heavy atom. The SMILES string of the molecule is CCc1cccc(NC(=O)COC(=O)c2ccc(OC)c(OC)c2OC)c1. The lowest BCUT2D eigenvalue weighted by atomic mass is 10.1. The van der Waals surface area contributed by atoms with Gasteiger partial charge in [-0.15, -0.1) is 0 Å². The van der Waals surface area contributed by atoms with Gasteiger partial charge >= 0.3 is 5.97 Å². The van der Waals surface area contributed by atoms with Gasteiger partial charge in [-0.1, -0.05) is 19.1 Å². The van der Waals surface area contributed by atoms with Crippen LogP contribution < -0.4 is 19.5 Å². The Morgan fingerprint density at radius 3 is 2.33 bits per heavy atom. The average molecular weight is 373 g/mol. The summed E-state index contributed by atoms with van der Waals surface area (Å²) in [5.74, 6) is -0.269. The lowest BCUT2D eigenvalue weighted by Gasteiger charge is -2.15. The first-order chi connectivity index (χ1) is 13.0. The van der Waals surface area contributed by atoms with Gasteiger partial charge in [0.05, 0.1) is 21.3 Å². The van der Waals surface area contributed by atoms with Crippen LogP contribution in [0.3, 0.4) is 0 Å². The van der Waals surface area contributed by atoms with Gasteiger partial charge in [0.15, 0.2) is 18.1 Å². The quantitative estimate of drug-likeness (QED) is 0.716. The van der Waals surface area contributed by atoms with Gasteiger partial charge in [-0.25, -0.2) is 4.79 Å². The normalized spacial score (nSPS) is 10.1. The van der Waals surface area contributed by atoms with E-state index in [1.165, 1.54) is 27.4 Å². The monoisotopic (exact) mass is 373 g/mol. The molecule has 1 N–H and O–H groups in total.